The van der Waals surface area contributed by atoms with Crippen molar-refractivity contribution in [1.29, 1.82) is 0 Å². The van der Waals surface area contributed by atoms with Gasteiger partial charge in [0.1, 0.15) is 0 Å². The summed E-state index contributed by atoms with van der Waals surface area (Å²) in [6.07, 6.45) is 0.572. The van der Waals surface area contributed by atoms with Crippen LogP contribution in [0.1, 0.15) is 62.3 Å². The Balaban J connectivity index is -0.000000156. The molecule has 4 nitrogen and oxygen atoms in total. The number of rotatable bonds is 4. The van der Waals surface area contributed by atoms with Crippen LogP contribution >= 0.6 is 0 Å². The van der Waals surface area contributed by atoms with Gasteiger partial charge in [-0.1, -0.05) is 55.4 Å². The zero-order chi connectivity index (χ0) is 17.7. The van der Waals surface area contributed by atoms with E-state index in [1.165, 1.54) is 6.07 Å². The van der Waals surface area contributed by atoms with Crippen LogP contribution in [0.3, 0.4) is 0 Å². The Labute approximate surface area is 131 Å². The number of ether oxygens (including phenoxy) is 1. The first-order valence-corrected chi connectivity index (χ1v) is 7.94. The molecule has 0 saturated heterocycles. The van der Waals surface area contributed by atoms with E-state index >= 15 is 0 Å². The molecule has 1 aromatic rings. The molecule has 0 aliphatic rings. The van der Waals surface area contributed by atoms with E-state index in [0.29, 0.717) is 24.5 Å². The second-order valence-electron chi connectivity index (χ2n) is 2.38. The molecule has 0 aromatic heterocycles. The lowest BCUT2D eigenvalue weighted by Gasteiger charge is -2.06. The molecular weight excluding hydrogens is 266 g/mol. The lowest BCUT2D eigenvalue weighted by Crippen LogP contribution is -1.96. The number of hydrogen-bond donors (Lipinski definition) is 2. The average molecular weight is 301 g/mol. The molecule has 0 atom stereocenters. The largest absolute Gasteiger partial charge is 0.504 e. The fourth-order valence-electron chi connectivity index (χ4n) is 0.943. The fourth-order valence-corrected chi connectivity index (χ4v) is 0.943. The summed E-state index contributed by atoms with van der Waals surface area (Å²) in [5, 5.41) is 11.8. The Kier molecular flexibility index (Phi) is 35.2. The Bertz CT molecular complexity index is 302. The van der Waals surface area contributed by atoms with E-state index in [1.807, 2.05) is 62.3 Å². The molecule has 21 heavy (non-hydrogen) atoms. The fraction of sp³-hybridized carbons (Fsp3) is 0.588. The molecular formula is C17H35NO3. The summed E-state index contributed by atoms with van der Waals surface area (Å²) in [4.78, 5) is 10.1. The predicted octanol–water partition coefficient (Wildman–Crippen LogP) is 5.46. The maximum absolute atomic E-state index is 10.1. The topological polar surface area (TPSA) is 58.6 Å². The van der Waals surface area contributed by atoms with Gasteiger partial charge in [-0.25, -0.2) is 0 Å². The van der Waals surface area contributed by atoms with Gasteiger partial charge in [0.2, 0.25) is 6.41 Å². The van der Waals surface area contributed by atoms with Crippen LogP contribution in [0.15, 0.2) is 18.2 Å². The van der Waals surface area contributed by atoms with E-state index in [1.54, 1.807) is 12.1 Å². The number of carbonyl (C=O) groups excluding carboxylic acids is 1. The van der Waals surface area contributed by atoms with Gasteiger partial charge < -0.3 is 15.2 Å². The van der Waals surface area contributed by atoms with Crippen molar-refractivity contribution in [3.05, 3.63) is 18.2 Å². The Morgan fingerprint density at radius 1 is 1.05 bits per heavy atom. The Hall–Kier alpha value is -1.71. The molecule has 0 aliphatic carbocycles. The minimum Gasteiger partial charge on any atom is -0.504 e. The molecule has 2 N–H and O–H groups in total. The third-order valence-corrected chi connectivity index (χ3v) is 1.49. The van der Waals surface area contributed by atoms with Crippen molar-refractivity contribution in [2.24, 2.45) is 0 Å². The van der Waals surface area contributed by atoms with Gasteiger partial charge in [0.15, 0.2) is 11.5 Å². The van der Waals surface area contributed by atoms with Gasteiger partial charge in [-0.05, 0) is 19.1 Å². The highest BCUT2D eigenvalue weighted by atomic mass is 16.5. The summed E-state index contributed by atoms with van der Waals surface area (Å²) in [6.45, 7) is 18.3. The quantitative estimate of drug-likeness (QED) is 0.573. The smallest absolute Gasteiger partial charge is 0.211 e. The van der Waals surface area contributed by atoms with Gasteiger partial charge in [-0.15, -0.1) is 0 Å². The van der Waals surface area contributed by atoms with Crippen molar-refractivity contribution < 1.29 is 14.6 Å². The molecule has 0 radical (unpaired) electrons. The van der Waals surface area contributed by atoms with Crippen LogP contribution in [0, 0.1) is 0 Å². The minimum absolute atomic E-state index is 0.0679. The minimum atomic E-state index is 0.0679. The summed E-state index contributed by atoms with van der Waals surface area (Å²) in [6, 6.07) is 4.62. The van der Waals surface area contributed by atoms with Crippen molar-refractivity contribution in [3.63, 3.8) is 0 Å². The second-order valence-corrected chi connectivity index (χ2v) is 2.38. The SMILES string of the molecule is CC.CC.CC.CC.CCOc1cc(NC=O)ccc1O. The number of phenols is 1. The number of anilines is 1. The number of carbonyl (C=O) groups is 1. The third-order valence-electron chi connectivity index (χ3n) is 1.49. The van der Waals surface area contributed by atoms with E-state index in [-0.39, 0.29) is 5.75 Å². The standard InChI is InChI=1S/C9H11NO3.4C2H6/c1-2-13-9-5-7(10-6-11)3-4-8(9)12;4*1-2/h3-6,12H,2H2,1H3,(H,10,11);4*1-2H3. The monoisotopic (exact) mass is 301 g/mol. The lowest BCUT2D eigenvalue weighted by molar-refractivity contribution is -0.105. The molecule has 0 unspecified atom stereocenters. The highest BCUT2D eigenvalue weighted by Crippen LogP contribution is 2.28. The van der Waals surface area contributed by atoms with Gasteiger partial charge >= 0.3 is 0 Å². The molecule has 126 valence electrons. The number of benzene rings is 1. The summed E-state index contributed by atoms with van der Waals surface area (Å²) in [5.41, 5.74) is 0.594. The van der Waals surface area contributed by atoms with Crippen LogP contribution in [-0.2, 0) is 4.79 Å². The van der Waals surface area contributed by atoms with Gasteiger partial charge in [0.25, 0.3) is 0 Å². The number of hydrogen-bond acceptors (Lipinski definition) is 3. The van der Waals surface area contributed by atoms with Crippen molar-refractivity contribution in [3.8, 4) is 11.5 Å². The van der Waals surface area contributed by atoms with E-state index < -0.39 is 0 Å². The molecule has 0 bridgehead atoms. The van der Waals surface area contributed by atoms with E-state index in [0.717, 1.165) is 0 Å². The van der Waals surface area contributed by atoms with Crippen molar-refractivity contribution in [2.45, 2.75) is 62.3 Å². The maximum atomic E-state index is 10.1. The first kappa shape index (κ1) is 27.6. The van der Waals surface area contributed by atoms with Crippen LogP contribution in [0.25, 0.3) is 0 Å². The Morgan fingerprint density at radius 2 is 1.52 bits per heavy atom. The van der Waals surface area contributed by atoms with Crippen LogP contribution in [-0.4, -0.2) is 18.1 Å². The molecule has 0 heterocycles. The van der Waals surface area contributed by atoms with E-state index in [4.69, 9.17) is 4.74 Å². The van der Waals surface area contributed by atoms with Crippen LogP contribution in [0.2, 0.25) is 0 Å². The molecule has 1 amide bonds. The zero-order valence-corrected chi connectivity index (χ0v) is 15.3. The molecule has 0 spiro atoms. The molecule has 0 fully saturated rings. The van der Waals surface area contributed by atoms with Gasteiger partial charge in [-0.2, -0.15) is 0 Å². The van der Waals surface area contributed by atoms with E-state index in [9.17, 15) is 9.90 Å². The van der Waals surface area contributed by atoms with Gasteiger partial charge in [-0.3, -0.25) is 4.79 Å². The first-order valence-electron chi connectivity index (χ1n) is 7.94. The average Bonchev–Trinajstić information content (AvgIpc) is 2.59. The Morgan fingerprint density at radius 3 is 1.90 bits per heavy atom. The van der Waals surface area contributed by atoms with Crippen LogP contribution in [0.4, 0.5) is 5.69 Å². The lowest BCUT2D eigenvalue weighted by atomic mass is 10.3. The molecule has 4 heteroatoms. The number of nitrogens with one attached hydrogen (secondary N) is 1. The second kappa shape index (κ2) is 26.8. The molecule has 1 rings (SSSR count). The van der Waals surface area contributed by atoms with Crippen molar-refractivity contribution in [2.75, 3.05) is 11.9 Å². The van der Waals surface area contributed by atoms with E-state index in [2.05, 4.69) is 5.32 Å². The number of amides is 1. The summed E-state index contributed by atoms with van der Waals surface area (Å²) in [7, 11) is 0. The third kappa shape index (κ3) is 16.2. The van der Waals surface area contributed by atoms with Crippen LogP contribution in [0.5, 0.6) is 11.5 Å². The summed E-state index contributed by atoms with van der Waals surface area (Å²) >= 11 is 0. The highest BCUT2D eigenvalue weighted by molar-refractivity contribution is 5.72. The highest BCUT2D eigenvalue weighted by Gasteiger charge is 2.02. The van der Waals surface area contributed by atoms with Crippen molar-refractivity contribution in [1.82, 2.24) is 0 Å². The number of aromatic hydroxyl groups is 1. The molecule has 0 saturated carbocycles. The molecule has 0 aliphatic heterocycles. The normalized spacial score (nSPS) is 6.90. The number of phenolic OH excluding ortho intramolecular Hbond substituents is 1. The molecule has 1 aromatic carbocycles. The predicted molar refractivity (Wildman–Crippen MR) is 94.4 cm³/mol. The van der Waals surface area contributed by atoms with Gasteiger partial charge in [0.05, 0.1) is 6.61 Å². The van der Waals surface area contributed by atoms with Crippen LogP contribution < -0.4 is 10.1 Å². The zero-order valence-electron chi connectivity index (χ0n) is 15.3. The van der Waals surface area contributed by atoms with Crippen molar-refractivity contribution >= 4 is 12.1 Å². The summed E-state index contributed by atoms with van der Waals surface area (Å²) in [5.74, 6) is 0.438. The van der Waals surface area contributed by atoms with Gasteiger partial charge in [0, 0.05) is 11.8 Å². The first-order chi connectivity index (χ1) is 10.3. The maximum Gasteiger partial charge on any atom is 0.211 e. The summed E-state index contributed by atoms with van der Waals surface area (Å²) < 4.78 is 5.12.